The van der Waals surface area contributed by atoms with Gasteiger partial charge in [-0.05, 0) is 20.8 Å². The van der Waals surface area contributed by atoms with Gasteiger partial charge < -0.3 is 14.7 Å². The topological polar surface area (TPSA) is 45.6 Å². The largest absolute Gasteiger partial charge is 0.394 e. The number of hydrogen-bond acceptors (Lipinski definition) is 5. The zero-order chi connectivity index (χ0) is 11.7. The van der Waals surface area contributed by atoms with Crippen LogP contribution in [0.3, 0.4) is 0 Å². The molecule has 2 heterocycles. The van der Waals surface area contributed by atoms with Crippen molar-refractivity contribution >= 4 is 16.5 Å². The summed E-state index contributed by atoms with van der Waals surface area (Å²) in [6.45, 7) is 7.80. The molecule has 0 saturated carbocycles. The van der Waals surface area contributed by atoms with Crippen molar-refractivity contribution in [1.29, 1.82) is 0 Å². The van der Waals surface area contributed by atoms with Crippen molar-refractivity contribution in [2.75, 3.05) is 24.6 Å². The highest BCUT2D eigenvalue weighted by molar-refractivity contribution is 7.15. The molecule has 16 heavy (non-hydrogen) atoms. The molecule has 1 aliphatic rings. The molecule has 1 fully saturated rings. The normalized spacial score (nSPS) is 26.1. The summed E-state index contributed by atoms with van der Waals surface area (Å²) in [5.74, 6) is 0. The highest BCUT2D eigenvalue weighted by atomic mass is 32.1. The van der Waals surface area contributed by atoms with Gasteiger partial charge in [-0.25, -0.2) is 4.98 Å². The summed E-state index contributed by atoms with van der Waals surface area (Å²) in [5.41, 5.74) is 1.10. The van der Waals surface area contributed by atoms with Crippen LogP contribution in [-0.4, -0.2) is 42.0 Å². The third kappa shape index (κ3) is 2.36. The van der Waals surface area contributed by atoms with Gasteiger partial charge in [0.25, 0.3) is 0 Å². The molecule has 0 aliphatic carbocycles. The Balaban J connectivity index is 2.14. The third-order valence-electron chi connectivity index (χ3n) is 2.82. The van der Waals surface area contributed by atoms with E-state index in [1.54, 1.807) is 11.3 Å². The van der Waals surface area contributed by atoms with Crippen LogP contribution in [0.5, 0.6) is 0 Å². The van der Waals surface area contributed by atoms with E-state index in [2.05, 4.69) is 16.8 Å². The van der Waals surface area contributed by atoms with Crippen molar-refractivity contribution in [3.63, 3.8) is 0 Å². The molecule has 0 amide bonds. The molecule has 0 radical (unpaired) electrons. The zero-order valence-electron chi connectivity index (χ0n) is 9.93. The van der Waals surface area contributed by atoms with Gasteiger partial charge in [0.2, 0.25) is 0 Å². The lowest BCUT2D eigenvalue weighted by Crippen LogP contribution is -2.48. The van der Waals surface area contributed by atoms with Crippen LogP contribution in [0, 0.1) is 13.8 Å². The molecular formula is C11H18N2O2S. The van der Waals surface area contributed by atoms with Gasteiger partial charge in [-0.2, -0.15) is 0 Å². The first-order valence-corrected chi connectivity index (χ1v) is 6.37. The Hall–Kier alpha value is -0.650. The predicted octanol–water partition coefficient (Wildman–Crippen LogP) is 1.35. The Labute approximate surface area is 99.9 Å². The molecule has 1 aliphatic heterocycles. The lowest BCUT2D eigenvalue weighted by atomic mass is 10.2. The van der Waals surface area contributed by atoms with E-state index >= 15 is 0 Å². The average molecular weight is 242 g/mol. The van der Waals surface area contributed by atoms with Crippen molar-refractivity contribution in [3.8, 4) is 0 Å². The van der Waals surface area contributed by atoms with Gasteiger partial charge in [-0.3, -0.25) is 0 Å². The van der Waals surface area contributed by atoms with Crippen LogP contribution in [0.25, 0.3) is 0 Å². The SMILES string of the molecule is Cc1nc(N2CC(C)OC(CO)C2)sc1C. The number of thiazole rings is 1. The highest BCUT2D eigenvalue weighted by Crippen LogP contribution is 2.27. The van der Waals surface area contributed by atoms with E-state index in [-0.39, 0.29) is 18.8 Å². The number of nitrogens with zero attached hydrogens (tertiary/aromatic N) is 2. The van der Waals surface area contributed by atoms with Gasteiger partial charge in [0.05, 0.1) is 24.5 Å². The minimum atomic E-state index is -0.0896. The van der Waals surface area contributed by atoms with Crippen LogP contribution in [0.4, 0.5) is 5.13 Å². The van der Waals surface area contributed by atoms with Crippen LogP contribution >= 0.6 is 11.3 Å². The smallest absolute Gasteiger partial charge is 0.185 e. The Bertz CT molecular complexity index is 347. The van der Waals surface area contributed by atoms with Crippen molar-refractivity contribution in [1.82, 2.24) is 4.98 Å². The molecule has 1 N–H and O–H groups in total. The molecule has 0 spiro atoms. The second-order valence-electron chi connectivity index (χ2n) is 4.29. The van der Waals surface area contributed by atoms with Crippen LogP contribution in [0.2, 0.25) is 0 Å². The van der Waals surface area contributed by atoms with Gasteiger partial charge in [-0.1, -0.05) is 0 Å². The lowest BCUT2D eigenvalue weighted by Gasteiger charge is -2.35. The first-order valence-electron chi connectivity index (χ1n) is 5.55. The fourth-order valence-corrected chi connectivity index (χ4v) is 2.82. The molecule has 1 saturated heterocycles. The summed E-state index contributed by atoms with van der Waals surface area (Å²) < 4.78 is 5.61. The molecule has 0 bridgehead atoms. The molecule has 2 unspecified atom stereocenters. The van der Waals surface area contributed by atoms with Gasteiger partial charge in [-0.15, -0.1) is 11.3 Å². The number of aliphatic hydroxyl groups excluding tert-OH is 1. The number of aliphatic hydroxyl groups is 1. The fraction of sp³-hybridized carbons (Fsp3) is 0.727. The van der Waals surface area contributed by atoms with Gasteiger partial charge in [0, 0.05) is 18.0 Å². The van der Waals surface area contributed by atoms with E-state index in [4.69, 9.17) is 9.84 Å². The van der Waals surface area contributed by atoms with E-state index in [1.165, 1.54) is 4.88 Å². The van der Waals surface area contributed by atoms with E-state index in [1.807, 2.05) is 13.8 Å². The number of hydrogen-bond donors (Lipinski definition) is 1. The first-order chi connectivity index (χ1) is 7.60. The van der Waals surface area contributed by atoms with Crippen molar-refractivity contribution in [2.24, 2.45) is 0 Å². The second kappa shape index (κ2) is 4.69. The molecule has 4 nitrogen and oxygen atoms in total. The second-order valence-corrected chi connectivity index (χ2v) is 5.48. The van der Waals surface area contributed by atoms with Crippen LogP contribution < -0.4 is 4.90 Å². The number of anilines is 1. The van der Waals surface area contributed by atoms with E-state index < -0.39 is 0 Å². The Kier molecular flexibility index (Phi) is 3.47. The number of morpholine rings is 1. The summed E-state index contributed by atoms with van der Waals surface area (Å²) in [5, 5.41) is 10.2. The maximum absolute atomic E-state index is 9.16. The van der Waals surface area contributed by atoms with E-state index in [9.17, 15) is 0 Å². The first kappa shape index (κ1) is 11.8. The summed E-state index contributed by atoms with van der Waals surface area (Å²) >= 11 is 1.71. The van der Waals surface area contributed by atoms with Crippen molar-refractivity contribution in [3.05, 3.63) is 10.6 Å². The number of aromatic nitrogens is 1. The van der Waals surface area contributed by atoms with Gasteiger partial charge in [0.1, 0.15) is 0 Å². The minimum Gasteiger partial charge on any atom is -0.394 e. The molecule has 0 aromatic carbocycles. The fourth-order valence-electron chi connectivity index (χ4n) is 1.89. The number of rotatable bonds is 2. The molecule has 2 atom stereocenters. The maximum atomic E-state index is 9.16. The third-order valence-corrected chi connectivity index (χ3v) is 3.95. The molecule has 1 aromatic rings. The van der Waals surface area contributed by atoms with Crippen molar-refractivity contribution < 1.29 is 9.84 Å². The lowest BCUT2D eigenvalue weighted by molar-refractivity contribution is -0.0421. The number of aryl methyl sites for hydroxylation is 2. The molecule has 5 heteroatoms. The Morgan fingerprint density at radius 1 is 1.50 bits per heavy atom. The minimum absolute atomic E-state index is 0.0736. The number of ether oxygens (including phenoxy) is 1. The molecule has 90 valence electrons. The van der Waals surface area contributed by atoms with Crippen LogP contribution in [0.15, 0.2) is 0 Å². The summed E-state index contributed by atoms with van der Waals surface area (Å²) in [6, 6.07) is 0. The van der Waals surface area contributed by atoms with Gasteiger partial charge >= 0.3 is 0 Å². The van der Waals surface area contributed by atoms with Crippen molar-refractivity contribution in [2.45, 2.75) is 33.0 Å². The summed E-state index contributed by atoms with van der Waals surface area (Å²) in [4.78, 5) is 8.01. The highest BCUT2D eigenvalue weighted by Gasteiger charge is 2.26. The Morgan fingerprint density at radius 3 is 2.81 bits per heavy atom. The van der Waals surface area contributed by atoms with Gasteiger partial charge in [0.15, 0.2) is 5.13 Å². The summed E-state index contributed by atoms with van der Waals surface area (Å²) in [7, 11) is 0. The molecule has 2 rings (SSSR count). The Morgan fingerprint density at radius 2 is 2.25 bits per heavy atom. The molecular weight excluding hydrogens is 224 g/mol. The monoisotopic (exact) mass is 242 g/mol. The van der Waals surface area contributed by atoms with E-state index in [0.29, 0.717) is 0 Å². The summed E-state index contributed by atoms with van der Waals surface area (Å²) in [6.07, 6.45) is 0.0590. The predicted molar refractivity (Wildman–Crippen MR) is 65.2 cm³/mol. The standard InChI is InChI=1S/C11H18N2O2S/c1-7-4-13(5-10(6-14)15-7)11-12-8(2)9(3)16-11/h7,10,14H,4-6H2,1-3H3. The quantitative estimate of drug-likeness (QED) is 0.850. The van der Waals surface area contributed by atoms with E-state index in [0.717, 1.165) is 23.9 Å². The average Bonchev–Trinajstić information content (AvgIpc) is 2.58. The van der Waals surface area contributed by atoms with Crippen LogP contribution in [0.1, 0.15) is 17.5 Å². The molecule has 1 aromatic heterocycles. The maximum Gasteiger partial charge on any atom is 0.185 e. The zero-order valence-corrected chi connectivity index (χ0v) is 10.8. The van der Waals surface area contributed by atoms with Crippen LogP contribution in [-0.2, 0) is 4.74 Å².